The third kappa shape index (κ3) is 7.46. The zero-order valence-corrected chi connectivity index (χ0v) is 12.0. The van der Waals surface area contributed by atoms with Gasteiger partial charge in [0.25, 0.3) is 0 Å². The topological polar surface area (TPSA) is 15.3 Å². The molecule has 0 fully saturated rings. The average molecular weight is 248 g/mol. The van der Waals surface area contributed by atoms with Crippen LogP contribution in [-0.2, 0) is 6.54 Å². The number of unbranched alkanes of at least 4 members (excludes halogenated alkanes) is 2. The molecule has 0 radical (unpaired) electrons. The summed E-state index contributed by atoms with van der Waals surface area (Å²) in [6.45, 7) is 6.81. The second-order valence-electron chi connectivity index (χ2n) is 5.03. The lowest BCUT2D eigenvalue weighted by molar-refractivity contribution is 0.317. The quantitative estimate of drug-likeness (QED) is 0.639. The molecule has 1 rings (SSSR count). The molecule has 1 aromatic carbocycles. The summed E-state index contributed by atoms with van der Waals surface area (Å²) in [6, 6.07) is 10.7. The van der Waals surface area contributed by atoms with E-state index in [4.69, 9.17) is 0 Å². The molecule has 0 atom stereocenters. The van der Waals surface area contributed by atoms with Crippen LogP contribution in [0.5, 0.6) is 0 Å². The summed E-state index contributed by atoms with van der Waals surface area (Å²) in [6.07, 6.45) is 5.17. The SMILES string of the molecule is CCCNCCCCCN(C)Cc1ccccc1. The Hall–Kier alpha value is -0.860. The maximum atomic E-state index is 3.45. The number of hydrogen-bond acceptors (Lipinski definition) is 2. The molecular weight excluding hydrogens is 220 g/mol. The van der Waals surface area contributed by atoms with E-state index in [9.17, 15) is 0 Å². The Kier molecular flexibility index (Phi) is 8.53. The van der Waals surface area contributed by atoms with E-state index >= 15 is 0 Å². The fourth-order valence-corrected chi connectivity index (χ4v) is 2.08. The molecule has 2 nitrogen and oxygen atoms in total. The average Bonchev–Trinajstić information content (AvgIpc) is 2.39. The maximum absolute atomic E-state index is 3.45. The Labute approximate surface area is 112 Å². The Morgan fingerprint density at radius 3 is 2.50 bits per heavy atom. The van der Waals surface area contributed by atoms with Gasteiger partial charge in [0.1, 0.15) is 0 Å². The van der Waals surface area contributed by atoms with Gasteiger partial charge in [0.2, 0.25) is 0 Å². The first-order chi connectivity index (χ1) is 8.83. The maximum Gasteiger partial charge on any atom is 0.0230 e. The largest absolute Gasteiger partial charge is 0.317 e. The molecule has 2 heteroatoms. The van der Waals surface area contributed by atoms with Crippen molar-refractivity contribution in [3.8, 4) is 0 Å². The van der Waals surface area contributed by atoms with Gasteiger partial charge in [-0.2, -0.15) is 0 Å². The summed E-state index contributed by atoms with van der Waals surface area (Å²) in [5, 5.41) is 3.45. The van der Waals surface area contributed by atoms with Crippen LogP contribution < -0.4 is 5.32 Å². The van der Waals surface area contributed by atoms with Crippen LogP contribution in [0.2, 0.25) is 0 Å². The lowest BCUT2D eigenvalue weighted by Gasteiger charge is -2.16. The minimum atomic E-state index is 1.06. The van der Waals surface area contributed by atoms with Crippen LogP contribution in [0.4, 0.5) is 0 Å². The fourth-order valence-electron chi connectivity index (χ4n) is 2.08. The van der Waals surface area contributed by atoms with E-state index in [0.29, 0.717) is 0 Å². The smallest absolute Gasteiger partial charge is 0.0230 e. The van der Waals surface area contributed by atoms with Crippen LogP contribution in [0.25, 0.3) is 0 Å². The summed E-state index contributed by atoms with van der Waals surface area (Å²) >= 11 is 0. The highest BCUT2D eigenvalue weighted by atomic mass is 15.1. The standard InChI is InChI=1S/C16H28N2/c1-3-12-17-13-8-5-9-14-18(2)15-16-10-6-4-7-11-16/h4,6-7,10-11,17H,3,5,8-9,12-15H2,1-2H3. The number of rotatable bonds is 10. The number of nitrogens with zero attached hydrogens (tertiary/aromatic N) is 1. The van der Waals surface area contributed by atoms with Gasteiger partial charge < -0.3 is 10.2 Å². The van der Waals surface area contributed by atoms with E-state index in [-0.39, 0.29) is 0 Å². The van der Waals surface area contributed by atoms with Gasteiger partial charge in [-0.3, -0.25) is 0 Å². The monoisotopic (exact) mass is 248 g/mol. The predicted molar refractivity (Wildman–Crippen MR) is 79.8 cm³/mol. The van der Waals surface area contributed by atoms with Crippen molar-refractivity contribution in [2.24, 2.45) is 0 Å². The molecule has 0 saturated heterocycles. The molecule has 18 heavy (non-hydrogen) atoms. The Morgan fingerprint density at radius 2 is 1.78 bits per heavy atom. The van der Waals surface area contributed by atoms with Crippen molar-refractivity contribution in [2.45, 2.75) is 39.2 Å². The van der Waals surface area contributed by atoms with Crippen molar-refractivity contribution >= 4 is 0 Å². The normalized spacial score (nSPS) is 11.1. The molecule has 1 N–H and O–H groups in total. The lowest BCUT2D eigenvalue weighted by Crippen LogP contribution is -2.20. The van der Waals surface area contributed by atoms with Gasteiger partial charge in [0.15, 0.2) is 0 Å². The molecule has 0 spiro atoms. The van der Waals surface area contributed by atoms with E-state index in [0.717, 1.165) is 13.1 Å². The number of nitrogens with one attached hydrogen (secondary N) is 1. The lowest BCUT2D eigenvalue weighted by atomic mass is 10.2. The predicted octanol–water partition coefficient (Wildman–Crippen LogP) is 3.29. The highest BCUT2D eigenvalue weighted by molar-refractivity contribution is 5.14. The van der Waals surface area contributed by atoms with Crippen LogP contribution >= 0.6 is 0 Å². The first-order valence-electron chi connectivity index (χ1n) is 7.26. The molecule has 0 saturated carbocycles. The van der Waals surface area contributed by atoms with Crippen LogP contribution in [0.15, 0.2) is 30.3 Å². The summed E-state index contributed by atoms with van der Waals surface area (Å²) < 4.78 is 0. The molecule has 0 amide bonds. The second kappa shape index (κ2) is 10.1. The molecule has 0 bridgehead atoms. The van der Waals surface area contributed by atoms with Crippen molar-refractivity contribution in [3.05, 3.63) is 35.9 Å². The fraction of sp³-hybridized carbons (Fsp3) is 0.625. The zero-order valence-electron chi connectivity index (χ0n) is 12.0. The second-order valence-corrected chi connectivity index (χ2v) is 5.03. The molecule has 0 heterocycles. The Bertz CT molecular complexity index is 284. The summed E-state index contributed by atoms with van der Waals surface area (Å²) in [5.41, 5.74) is 1.41. The molecule has 0 aliphatic carbocycles. The van der Waals surface area contributed by atoms with E-state index in [1.165, 1.54) is 44.3 Å². The van der Waals surface area contributed by atoms with Crippen LogP contribution in [0, 0.1) is 0 Å². The van der Waals surface area contributed by atoms with Crippen molar-refractivity contribution in [1.82, 2.24) is 10.2 Å². The number of hydrogen-bond donors (Lipinski definition) is 1. The first-order valence-corrected chi connectivity index (χ1v) is 7.26. The molecule has 0 aliphatic heterocycles. The molecule has 102 valence electrons. The highest BCUT2D eigenvalue weighted by Gasteiger charge is 1.99. The molecule has 1 aromatic rings. The van der Waals surface area contributed by atoms with Crippen molar-refractivity contribution in [1.29, 1.82) is 0 Å². The minimum Gasteiger partial charge on any atom is -0.317 e. The van der Waals surface area contributed by atoms with Crippen LogP contribution in [0.1, 0.15) is 38.2 Å². The van der Waals surface area contributed by atoms with E-state index < -0.39 is 0 Å². The third-order valence-corrected chi connectivity index (χ3v) is 3.12. The zero-order chi connectivity index (χ0) is 13.1. The van der Waals surface area contributed by atoms with Gasteiger partial charge in [-0.25, -0.2) is 0 Å². The molecular formula is C16H28N2. The summed E-state index contributed by atoms with van der Waals surface area (Å²) in [5.74, 6) is 0. The van der Waals surface area contributed by atoms with Gasteiger partial charge in [-0.05, 0) is 51.5 Å². The molecule has 0 aromatic heterocycles. The van der Waals surface area contributed by atoms with Gasteiger partial charge in [0, 0.05) is 6.54 Å². The van der Waals surface area contributed by atoms with Crippen molar-refractivity contribution in [2.75, 3.05) is 26.7 Å². The van der Waals surface area contributed by atoms with Gasteiger partial charge >= 0.3 is 0 Å². The minimum absolute atomic E-state index is 1.06. The summed E-state index contributed by atoms with van der Waals surface area (Å²) in [4.78, 5) is 2.41. The Balaban J connectivity index is 1.99. The first kappa shape index (κ1) is 15.2. The molecule has 0 aliphatic rings. The van der Waals surface area contributed by atoms with Gasteiger partial charge in [0.05, 0.1) is 0 Å². The van der Waals surface area contributed by atoms with E-state index in [2.05, 4.69) is 54.5 Å². The van der Waals surface area contributed by atoms with Crippen molar-refractivity contribution < 1.29 is 0 Å². The van der Waals surface area contributed by atoms with Crippen LogP contribution in [-0.4, -0.2) is 31.6 Å². The van der Waals surface area contributed by atoms with Crippen molar-refractivity contribution in [3.63, 3.8) is 0 Å². The van der Waals surface area contributed by atoms with Crippen LogP contribution in [0.3, 0.4) is 0 Å². The van der Waals surface area contributed by atoms with E-state index in [1.54, 1.807) is 0 Å². The third-order valence-electron chi connectivity index (χ3n) is 3.12. The molecule has 0 unspecified atom stereocenters. The highest BCUT2D eigenvalue weighted by Crippen LogP contribution is 2.04. The summed E-state index contributed by atoms with van der Waals surface area (Å²) in [7, 11) is 2.21. The Morgan fingerprint density at radius 1 is 1.00 bits per heavy atom. The van der Waals surface area contributed by atoms with Gasteiger partial charge in [-0.15, -0.1) is 0 Å². The van der Waals surface area contributed by atoms with E-state index in [1.807, 2.05) is 0 Å². The van der Waals surface area contributed by atoms with Gasteiger partial charge in [-0.1, -0.05) is 43.7 Å². The number of benzene rings is 1.